The molecule has 2 aromatic heterocycles. The van der Waals surface area contributed by atoms with Gasteiger partial charge in [-0.25, -0.2) is 0 Å². The zero-order chi connectivity index (χ0) is 16.5. The number of carbonyl (C=O) groups excluding carboxylic acids is 1. The maximum Gasteiger partial charge on any atom is 0.294 e. The van der Waals surface area contributed by atoms with Crippen molar-refractivity contribution in [3.8, 4) is 11.3 Å². The van der Waals surface area contributed by atoms with Gasteiger partial charge in [0.2, 0.25) is 0 Å². The number of halogens is 1. The van der Waals surface area contributed by atoms with Crippen LogP contribution in [0.1, 0.15) is 22.7 Å². The lowest BCUT2D eigenvalue weighted by molar-refractivity contribution is 0.0959. The first kappa shape index (κ1) is 15.0. The molecule has 0 aliphatic carbocycles. The number of carbonyl (C=O) groups is 1. The van der Waals surface area contributed by atoms with Crippen molar-refractivity contribution in [3.63, 3.8) is 0 Å². The smallest absolute Gasteiger partial charge is 0.294 e. The second-order valence-electron chi connectivity index (χ2n) is 5.70. The third-order valence-electron chi connectivity index (χ3n) is 4.14. The number of furan rings is 1. The van der Waals surface area contributed by atoms with E-state index < -0.39 is 0 Å². The number of benzene rings is 1. The second-order valence-corrected chi connectivity index (χ2v) is 6.14. The van der Waals surface area contributed by atoms with E-state index in [2.05, 4.69) is 4.98 Å². The number of fused-ring (bicyclic) bond motifs is 1. The fraction of sp³-hybridized carbons (Fsp3) is 0.158. The van der Waals surface area contributed by atoms with Crippen molar-refractivity contribution < 1.29 is 9.21 Å². The Hall–Kier alpha value is -2.59. The minimum absolute atomic E-state index is 0.135. The van der Waals surface area contributed by atoms with E-state index >= 15 is 0 Å². The highest BCUT2D eigenvalue weighted by molar-refractivity contribution is 6.30. The summed E-state index contributed by atoms with van der Waals surface area (Å²) in [5.41, 5.74) is 2.72. The third-order valence-corrected chi connectivity index (χ3v) is 4.39. The van der Waals surface area contributed by atoms with Crippen LogP contribution in [0, 0.1) is 0 Å². The number of pyridine rings is 1. The molecule has 4 rings (SSSR count). The molecular weight excluding hydrogens is 324 g/mol. The van der Waals surface area contributed by atoms with Crippen LogP contribution in [0.15, 0.2) is 59.1 Å². The molecule has 5 heteroatoms. The number of anilines is 1. The Kier molecular flexibility index (Phi) is 3.82. The van der Waals surface area contributed by atoms with Gasteiger partial charge in [0.05, 0.1) is 11.4 Å². The first-order valence-corrected chi connectivity index (χ1v) is 8.22. The van der Waals surface area contributed by atoms with Crippen molar-refractivity contribution in [1.29, 1.82) is 0 Å². The second kappa shape index (κ2) is 6.13. The third kappa shape index (κ3) is 2.69. The first-order chi connectivity index (χ1) is 11.7. The predicted octanol–water partition coefficient (Wildman–Crippen LogP) is 4.59. The molecule has 1 aromatic carbocycles. The topological polar surface area (TPSA) is 46.3 Å². The van der Waals surface area contributed by atoms with Crippen molar-refractivity contribution in [2.75, 3.05) is 11.4 Å². The molecule has 0 saturated heterocycles. The summed E-state index contributed by atoms with van der Waals surface area (Å²) in [7, 11) is 0. The minimum Gasteiger partial charge on any atom is -0.451 e. The molecule has 1 aliphatic heterocycles. The molecule has 0 radical (unpaired) electrons. The largest absolute Gasteiger partial charge is 0.451 e. The van der Waals surface area contributed by atoms with E-state index in [1.807, 2.05) is 30.3 Å². The zero-order valence-electron chi connectivity index (χ0n) is 12.9. The summed E-state index contributed by atoms with van der Waals surface area (Å²) in [5.74, 6) is 0.847. The maximum absolute atomic E-state index is 12.8. The van der Waals surface area contributed by atoms with Crippen LogP contribution in [-0.2, 0) is 6.42 Å². The van der Waals surface area contributed by atoms with E-state index in [4.69, 9.17) is 16.0 Å². The minimum atomic E-state index is -0.135. The lowest BCUT2D eigenvalue weighted by atomic mass is 10.1. The molecule has 1 amide bonds. The standard InChI is InChI=1S/C19H15ClN2O2/c20-14-7-5-13(6-8-14)17-9-10-18(24-17)19(23)22-12-2-3-15-16(22)4-1-11-21-15/h1,4-11H,2-3,12H2. The highest BCUT2D eigenvalue weighted by Crippen LogP contribution is 2.29. The Morgan fingerprint density at radius 1 is 1.12 bits per heavy atom. The summed E-state index contributed by atoms with van der Waals surface area (Å²) in [4.78, 5) is 19.0. The summed E-state index contributed by atoms with van der Waals surface area (Å²) >= 11 is 5.91. The van der Waals surface area contributed by atoms with Gasteiger partial charge in [-0.3, -0.25) is 9.78 Å². The van der Waals surface area contributed by atoms with Gasteiger partial charge in [-0.15, -0.1) is 0 Å². The molecule has 0 atom stereocenters. The van der Waals surface area contributed by atoms with Crippen LogP contribution in [0.4, 0.5) is 5.69 Å². The molecule has 0 saturated carbocycles. The number of aromatic nitrogens is 1. The summed E-state index contributed by atoms with van der Waals surface area (Å²) in [6, 6.07) is 14.7. The first-order valence-electron chi connectivity index (χ1n) is 7.84. The number of hydrogen-bond acceptors (Lipinski definition) is 3. The molecule has 0 N–H and O–H groups in total. The SMILES string of the molecule is O=C(c1ccc(-c2ccc(Cl)cc2)o1)N1CCCc2ncccc21. The number of nitrogens with zero attached hydrogens (tertiary/aromatic N) is 2. The summed E-state index contributed by atoms with van der Waals surface area (Å²) < 4.78 is 5.78. The van der Waals surface area contributed by atoms with Crippen LogP contribution in [0.2, 0.25) is 5.02 Å². The van der Waals surface area contributed by atoms with Gasteiger partial charge in [-0.2, -0.15) is 0 Å². The molecule has 0 bridgehead atoms. The summed E-state index contributed by atoms with van der Waals surface area (Å²) in [6.45, 7) is 0.675. The monoisotopic (exact) mass is 338 g/mol. The van der Waals surface area contributed by atoms with Gasteiger partial charge >= 0.3 is 0 Å². The molecule has 3 aromatic rings. The Balaban J connectivity index is 1.63. The van der Waals surface area contributed by atoms with Gasteiger partial charge < -0.3 is 9.32 Å². The summed E-state index contributed by atoms with van der Waals surface area (Å²) in [5, 5.41) is 0.666. The Morgan fingerprint density at radius 3 is 2.79 bits per heavy atom. The van der Waals surface area contributed by atoms with Gasteiger partial charge in [0.1, 0.15) is 5.76 Å². The van der Waals surface area contributed by atoms with Gasteiger partial charge in [0, 0.05) is 23.3 Å². The van der Waals surface area contributed by atoms with Gasteiger partial charge in [-0.1, -0.05) is 11.6 Å². The van der Waals surface area contributed by atoms with Crippen molar-refractivity contribution in [2.24, 2.45) is 0 Å². The lowest BCUT2D eigenvalue weighted by Gasteiger charge is -2.27. The maximum atomic E-state index is 12.8. The van der Waals surface area contributed by atoms with Crippen molar-refractivity contribution in [3.05, 3.63) is 71.2 Å². The van der Waals surface area contributed by atoms with Crippen LogP contribution in [-0.4, -0.2) is 17.4 Å². The van der Waals surface area contributed by atoms with Gasteiger partial charge in [0.25, 0.3) is 5.91 Å². The van der Waals surface area contributed by atoms with E-state index in [9.17, 15) is 4.79 Å². The number of hydrogen-bond donors (Lipinski definition) is 0. The van der Waals surface area contributed by atoms with Crippen LogP contribution in [0.25, 0.3) is 11.3 Å². The molecule has 0 spiro atoms. The highest BCUT2D eigenvalue weighted by Gasteiger charge is 2.26. The van der Waals surface area contributed by atoms with Crippen LogP contribution in [0.5, 0.6) is 0 Å². The molecule has 120 valence electrons. The van der Waals surface area contributed by atoms with E-state index in [0.29, 0.717) is 23.1 Å². The molecule has 4 nitrogen and oxygen atoms in total. The Bertz CT molecular complexity index is 886. The number of rotatable bonds is 2. The summed E-state index contributed by atoms with van der Waals surface area (Å²) in [6.07, 6.45) is 3.56. The van der Waals surface area contributed by atoms with Crippen molar-refractivity contribution >= 4 is 23.2 Å². The lowest BCUT2D eigenvalue weighted by Crippen LogP contribution is -2.35. The Labute approximate surface area is 144 Å². The molecule has 3 heterocycles. The number of aryl methyl sites for hydroxylation is 1. The van der Waals surface area contributed by atoms with Crippen LogP contribution in [0.3, 0.4) is 0 Å². The van der Waals surface area contributed by atoms with Crippen LogP contribution < -0.4 is 4.90 Å². The average Bonchev–Trinajstić information content (AvgIpc) is 3.11. The molecule has 0 fully saturated rings. The average molecular weight is 339 g/mol. The molecular formula is C19H15ClN2O2. The Morgan fingerprint density at radius 2 is 1.96 bits per heavy atom. The fourth-order valence-corrected chi connectivity index (χ4v) is 3.09. The zero-order valence-corrected chi connectivity index (χ0v) is 13.7. The van der Waals surface area contributed by atoms with E-state index in [1.54, 1.807) is 29.3 Å². The normalized spacial score (nSPS) is 13.6. The fourth-order valence-electron chi connectivity index (χ4n) is 2.96. The van der Waals surface area contributed by atoms with Gasteiger partial charge in [0.15, 0.2) is 5.76 Å². The predicted molar refractivity (Wildman–Crippen MR) is 93.4 cm³/mol. The molecule has 1 aliphatic rings. The molecule has 0 unspecified atom stereocenters. The van der Waals surface area contributed by atoms with Crippen molar-refractivity contribution in [2.45, 2.75) is 12.8 Å². The van der Waals surface area contributed by atoms with Crippen LogP contribution >= 0.6 is 11.6 Å². The van der Waals surface area contributed by atoms with Gasteiger partial charge in [-0.05, 0) is 61.4 Å². The van der Waals surface area contributed by atoms with Crippen molar-refractivity contribution in [1.82, 2.24) is 4.98 Å². The molecule has 24 heavy (non-hydrogen) atoms. The van der Waals surface area contributed by atoms with E-state index in [1.165, 1.54) is 0 Å². The quantitative estimate of drug-likeness (QED) is 0.686. The van der Waals surface area contributed by atoms with E-state index in [0.717, 1.165) is 29.8 Å². The van der Waals surface area contributed by atoms with E-state index in [-0.39, 0.29) is 5.91 Å². The number of amides is 1. The highest BCUT2D eigenvalue weighted by atomic mass is 35.5.